The smallest absolute Gasteiger partial charge is 0.0443 e. The molecule has 0 amide bonds. The van der Waals surface area contributed by atoms with Crippen molar-refractivity contribution in [1.29, 1.82) is 0 Å². The SMILES string of the molecule is CNCc1cc(CN2c3ccccc3CCC2C)c(C)s1. The standard InChI is InChI=1S/C18H24N2S/c1-13-8-9-15-6-4-5-7-18(15)20(13)12-16-10-17(11-19-3)21-14(16)2/h4-7,10,13,19H,8-9,11-12H2,1-3H3. The van der Waals surface area contributed by atoms with E-state index in [0.717, 1.165) is 13.1 Å². The van der Waals surface area contributed by atoms with E-state index in [4.69, 9.17) is 0 Å². The van der Waals surface area contributed by atoms with Gasteiger partial charge in [-0.25, -0.2) is 0 Å². The van der Waals surface area contributed by atoms with Crippen LogP contribution >= 0.6 is 11.3 Å². The summed E-state index contributed by atoms with van der Waals surface area (Å²) in [5, 5.41) is 3.25. The number of rotatable bonds is 4. The highest BCUT2D eigenvalue weighted by atomic mass is 32.1. The molecule has 0 aliphatic carbocycles. The molecule has 0 spiro atoms. The maximum absolute atomic E-state index is 3.25. The molecule has 0 saturated heterocycles. The predicted molar refractivity (Wildman–Crippen MR) is 92.2 cm³/mol. The van der Waals surface area contributed by atoms with E-state index in [9.17, 15) is 0 Å². The van der Waals surface area contributed by atoms with Gasteiger partial charge in [0, 0.05) is 34.6 Å². The normalized spacial score (nSPS) is 17.9. The molecule has 1 unspecified atom stereocenters. The van der Waals surface area contributed by atoms with Gasteiger partial charge in [-0.3, -0.25) is 0 Å². The van der Waals surface area contributed by atoms with Crippen molar-refractivity contribution < 1.29 is 0 Å². The van der Waals surface area contributed by atoms with Gasteiger partial charge in [0.1, 0.15) is 0 Å². The summed E-state index contributed by atoms with van der Waals surface area (Å²) >= 11 is 1.92. The molecular weight excluding hydrogens is 276 g/mol. The molecule has 2 nitrogen and oxygen atoms in total. The highest BCUT2D eigenvalue weighted by Gasteiger charge is 2.23. The quantitative estimate of drug-likeness (QED) is 0.914. The van der Waals surface area contributed by atoms with Gasteiger partial charge in [-0.05, 0) is 57.0 Å². The van der Waals surface area contributed by atoms with Gasteiger partial charge in [0.25, 0.3) is 0 Å². The lowest BCUT2D eigenvalue weighted by molar-refractivity contribution is 0.560. The summed E-state index contributed by atoms with van der Waals surface area (Å²) in [6, 6.07) is 11.9. The largest absolute Gasteiger partial charge is 0.364 e. The Kier molecular flexibility index (Phi) is 4.32. The van der Waals surface area contributed by atoms with E-state index in [0.29, 0.717) is 6.04 Å². The highest BCUT2D eigenvalue weighted by Crippen LogP contribution is 2.33. The number of thiophene rings is 1. The van der Waals surface area contributed by atoms with Crippen LogP contribution in [0.4, 0.5) is 5.69 Å². The van der Waals surface area contributed by atoms with Gasteiger partial charge in [-0.15, -0.1) is 11.3 Å². The van der Waals surface area contributed by atoms with Crippen molar-refractivity contribution in [1.82, 2.24) is 5.32 Å². The van der Waals surface area contributed by atoms with E-state index >= 15 is 0 Å². The molecule has 1 aromatic heterocycles. The van der Waals surface area contributed by atoms with Crippen LogP contribution in [0.2, 0.25) is 0 Å². The summed E-state index contributed by atoms with van der Waals surface area (Å²) in [6.45, 7) is 6.60. The predicted octanol–water partition coefficient (Wildman–Crippen LogP) is 4.12. The Bertz CT molecular complexity index is 617. The van der Waals surface area contributed by atoms with Crippen molar-refractivity contribution in [2.45, 2.75) is 45.8 Å². The molecule has 3 rings (SSSR count). The Balaban J connectivity index is 1.87. The minimum atomic E-state index is 0.618. The van der Waals surface area contributed by atoms with Crippen molar-refractivity contribution in [2.75, 3.05) is 11.9 Å². The lowest BCUT2D eigenvalue weighted by atomic mass is 9.96. The lowest BCUT2D eigenvalue weighted by Crippen LogP contribution is -2.36. The van der Waals surface area contributed by atoms with Crippen LogP contribution in [-0.4, -0.2) is 13.1 Å². The number of fused-ring (bicyclic) bond motifs is 1. The maximum atomic E-state index is 3.25. The zero-order valence-electron chi connectivity index (χ0n) is 13.1. The van der Waals surface area contributed by atoms with E-state index in [-0.39, 0.29) is 0 Å². The first-order valence-electron chi connectivity index (χ1n) is 7.76. The highest BCUT2D eigenvalue weighted by molar-refractivity contribution is 7.12. The molecule has 0 radical (unpaired) electrons. The molecule has 1 atom stereocenters. The monoisotopic (exact) mass is 300 g/mol. The molecule has 0 bridgehead atoms. The number of nitrogens with zero attached hydrogens (tertiary/aromatic N) is 1. The second kappa shape index (κ2) is 6.20. The van der Waals surface area contributed by atoms with Crippen LogP contribution in [0.3, 0.4) is 0 Å². The molecule has 0 fully saturated rings. The molecule has 2 heterocycles. The average molecular weight is 300 g/mol. The van der Waals surface area contributed by atoms with Crippen LogP contribution < -0.4 is 10.2 Å². The van der Waals surface area contributed by atoms with Gasteiger partial charge in [0.2, 0.25) is 0 Å². The van der Waals surface area contributed by atoms with Crippen LogP contribution in [0, 0.1) is 6.92 Å². The van der Waals surface area contributed by atoms with E-state index in [2.05, 4.69) is 54.4 Å². The fourth-order valence-electron chi connectivity index (χ4n) is 3.19. The second-order valence-electron chi connectivity index (χ2n) is 5.97. The number of hydrogen-bond donors (Lipinski definition) is 1. The van der Waals surface area contributed by atoms with E-state index in [1.54, 1.807) is 0 Å². The van der Waals surface area contributed by atoms with Crippen LogP contribution in [0.15, 0.2) is 30.3 Å². The number of aryl methyl sites for hydroxylation is 2. The van der Waals surface area contributed by atoms with Crippen LogP contribution in [0.5, 0.6) is 0 Å². The van der Waals surface area contributed by atoms with Gasteiger partial charge in [-0.1, -0.05) is 18.2 Å². The van der Waals surface area contributed by atoms with Gasteiger partial charge < -0.3 is 10.2 Å². The van der Waals surface area contributed by atoms with Gasteiger partial charge in [0.05, 0.1) is 0 Å². The molecule has 1 aliphatic rings. The van der Waals surface area contributed by atoms with E-state index in [1.165, 1.54) is 39.4 Å². The molecule has 1 N–H and O–H groups in total. The Morgan fingerprint density at radius 2 is 2.14 bits per heavy atom. The molecule has 3 heteroatoms. The summed E-state index contributed by atoms with van der Waals surface area (Å²) in [4.78, 5) is 5.47. The first kappa shape index (κ1) is 14.6. The van der Waals surface area contributed by atoms with Crippen LogP contribution in [0.1, 0.15) is 34.2 Å². The van der Waals surface area contributed by atoms with Crippen molar-refractivity contribution in [2.24, 2.45) is 0 Å². The fourth-order valence-corrected chi connectivity index (χ4v) is 4.26. The molecule has 1 aromatic carbocycles. The zero-order valence-corrected chi connectivity index (χ0v) is 14.0. The summed E-state index contributed by atoms with van der Waals surface area (Å²) in [7, 11) is 2.01. The summed E-state index contributed by atoms with van der Waals surface area (Å²) < 4.78 is 0. The fraction of sp³-hybridized carbons (Fsp3) is 0.444. The van der Waals surface area contributed by atoms with Crippen LogP contribution in [-0.2, 0) is 19.5 Å². The third kappa shape index (κ3) is 2.99. The number of anilines is 1. The van der Waals surface area contributed by atoms with Crippen molar-refractivity contribution in [3.05, 3.63) is 51.2 Å². The lowest BCUT2D eigenvalue weighted by Gasteiger charge is -2.37. The summed E-state index contributed by atoms with van der Waals surface area (Å²) in [5.74, 6) is 0. The van der Waals surface area contributed by atoms with Gasteiger partial charge in [-0.2, -0.15) is 0 Å². The Morgan fingerprint density at radius 1 is 1.33 bits per heavy atom. The number of para-hydroxylation sites is 1. The summed E-state index contributed by atoms with van der Waals surface area (Å²) in [6.07, 6.45) is 2.46. The Hall–Kier alpha value is -1.32. The minimum absolute atomic E-state index is 0.618. The molecular formula is C18H24N2S. The van der Waals surface area contributed by atoms with Crippen LogP contribution in [0.25, 0.3) is 0 Å². The first-order chi connectivity index (χ1) is 10.2. The zero-order chi connectivity index (χ0) is 14.8. The molecule has 1 aliphatic heterocycles. The number of nitrogens with one attached hydrogen (secondary N) is 1. The number of hydrogen-bond acceptors (Lipinski definition) is 3. The molecule has 2 aromatic rings. The third-order valence-corrected chi connectivity index (χ3v) is 5.52. The third-order valence-electron chi connectivity index (χ3n) is 4.43. The van der Waals surface area contributed by atoms with Gasteiger partial charge >= 0.3 is 0 Å². The van der Waals surface area contributed by atoms with Crippen molar-refractivity contribution in [3.63, 3.8) is 0 Å². The van der Waals surface area contributed by atoms with Gasteiger partial charge in [0.15, 0.2) is 0 Å². The average Bonchev–Trinajstić information content (AvgIpc) is 2.82. The maximum Gasteiger partial charge on any atom is 0.0443 e. The first-order valence-corrected chi connectivity index (χ1v) is 8.58. The molecule has 21 heavy (non-hydrogen) atoms. The van der Waals surface area contributed by atoms with E-state index < -0.39 is 0 Å². The van der Waals surface area contributed by atoms with E-state index in [1.807, 2.05) is 18.4 Å². The Labute approximate surface area is 131 Å². The minimum Gasteiger partial charge on any atom is -0.364 e. The molecule has 112 valence electrons. The Morgan fingerprint density at radius 3 is 2.95 bits per heavy atom. The topological polar surface area (TPSA) is 15.3 Å². The van der Waals surface area contributed by atoms with Crippen molar-refractivity contribution >= 4 is 17.0 Å². The molecule has 0 saturated carbocycles. The second-order valence-corrected chi connectivity index (χ2v) is 7.31. The number of benzene rings is 1. The summed E-state index contributed by atoms with van der Waals surface area (Å²) in [5.41, 5.74) is 4.41. The van der Waals surface area contributed by atoms with Crippen molar-refractivity contribution in [3.8, 4) is 0 Å².